The van der Waals surface area contributed by atoms with Crippen molar-refractivity contribution in [2.45, 2.75) is 142 Å². The summed E-state index contributed by atoms with van der Waals surface area (Å²) in [6, 6.07) is -0.115. The normalized spacial score (nSPS) is 13.8. The van der Waals surface area contributed by atoms with Crippen molar-refractivity contribution in [3.8, 4) is 0 Å². The van der Waals surface area contributed by atoms with Crippen LogP contribution in [0.2, 0.25) is 5.04 Å². The predicted molar refractivity (Wildman–Crippen MR) is 123 cm³/mol. The second kappa shape index (κ2) is 16.8. The highest BCUT2D eigenvalue weighted by Crippen LogP contribution is 2.35. The number of rotatable bonds is 20. The standard InChI is InChI=1S/C23H51NO3Si/c1-5-6-7-8-9-10-11-12-13-14-15-16-17-18-19-20-21-24-22(2)23(3,4)28(25,26)27/h22,24-27H,5-21H2,1-4H3. The molecule has 0 amide bonds. The zero-order valence-corrected chi connectivity index (χ0v) is 20.4. The van der Waals surface area contributed by atoms with E-state index in [9.17, 15) is 14.4 Å². The van der Waals surface area contributed by atoms with Crippen molar-refractivity contribution < 1.29 is 14.4 Å². The molecular formula is C23H51NO3Si. The molecule has 170 valence electrons. The van der Waals surface area contributed by atoms with E-state index >= 15 is 0 Å². The van der Waals surface area contributed by atoms with E-state index in [4.69, 9.17) is 0 Å². The molecule has 0 spiro atoms. The molecule has 0 aromatic rings. The molecule has 0 radical (unpaired) electrons. The quantitative estimate of drug-likeness (QED) is 0.146. The van der Waals surface area contributed by atoms with Gasteiger partial charge in [0.25, 0.3) is 0 Å². The Morgan fingerprint density at radius 1 is 0.643 bits per heavy atom. The van der Waals surface area contributed by atoms with E-state index in [1.165, 1.54) is 96.3 Å². The Kier molecular flexibility index (Phi) is 16.8. The van der Waals surface area contributed by atoms with Crippen molar-refractivity contribution in [2.75, 3.05) is 6.54 Å². The lowest BCUT2D eigenvalue weighted by Crippen LogP contribution is -2.55. The van der Waals surface area contributed by atoms with Gasteiger partial charge in [0, 0.05) is 11.1 Å². The van der Waals surface area contributed by atoms with Gasteiger partial charge in [-0.3, -0.25) is 0 Å². The third kappa shape index (κ3) is 14.1. The highest BCUT2D eigenvalue weighted by atomic mass is 28.4. The van der Waals surface area contributed by atoms with Crippen LogP contribution in [0.1, 0.15) is 130 Å². The molecule has 0 saturated heterocycles. The van der Waals surface area contributed by atoms with E-state index < -0.39 is 13.8 Å². The molecule has 0 aromatic carbocycles. The van der Waals surface area contributed by atoms with Gasteiger partial charge in [0.05, 0.1) is 0 Å². The smallest absolute Gasteiger partial charge is 0.390 e. The van der Waals surface area contributed by atoms with Crippen LogP contribution < -0.4 is 5.32 Å². The summed E-state index contributed by atoms with van der Waals surface area (Å²) < 4.78 is 0. The van der Waals surface area contributed by atoms with E-state index in [0.717, 1.165) is 13.0 Å². The average Bonchev–Trinajstić information content (AvgIpc) is 2.63. The summed E-state index contributed by atoms with van der Waals surface area (Å²) in [6.45, 7) is 8.49. The monoisotopic (exact) mass is 417 g/mol. The van der Waals surface area contributed by atoms with E-state index in [1.54, 1.807) is 13.8 Å². The van der Waals surface area contributed by atoms with Gasteiger partial charge in [-0.1, -0.05) is 117 Å². The molecule has 0 aliphatic carbocycles. The van der Waals surface area contributed by atoms with Crippen LogP contribution in [-0.4, -0.2) is 35.8 Å². The van der Waals surface area contributed by atoms with E-state index in [1.807, 2.05) is 6.92 Å². The maximum absolute atomic E-state index is 9.57. The van der Waals surface area contributed by atoms with Crippen LogP contribution in [0.3, 0.4) is 0 Å². The first-order chi connectivity index (χ1) is 13.2. The Morgan fingerprint density at radius 3 is 1.29 bits per heavy atom. The molecule has 0 saturated carbocycles. The predicted octanol–water partition coefficient (Wildman–Crippen LogP) is 5.92. The minimum Gasteiger partial charge on any atom is -0.390 e. The Morgan fingerprint density at radius 2 is 0.964 bits per heavy atom. The molecule has 0 fully saturated rings. The maximum Gasteiger partial charge on any atom is 0.500 e. The molecule has 1 atom stereocenters. The fourth-order valence-electron chi connectivity index (χ4n) is 3.54. The molecule has 4 N–H and O–H groups in total. The summed E-state index contributed by atoms with van der Waals surface area (Å²) in [6.07, 6.45) is 21.9. The lowest BCUT2D eigenvalue weighted by atomic mass is 10.0. The van der Waals surface area contributed by atoms with Crippen LogP contribution in [0.5, 0.6) is 0 Å². The summed E-state index contributed by atoms with van der Waals surface area (Å²) in [5.41, 5.74) is 0. The second-order valence-electron chi connectivity index (χ2n) is 9.34. The topological polar surface area (TPSA) is 72.7 Å². The van der Waals surface area contributed by atoms with Crippen molar-refractivity contribution >= 4 is 8.80 Å². The molecule has 4 nitrogen and oxygen atoms in total. The van der Waals surface area contributed by atoms with Gasteiger partial charge >= 0.3 is 8.80 Å². The lowest BCUT2D eigenvalue weighted by molar-refractivity contribution is 0.170. The van der Waals surface area contributed by atoms with Gasteiger partial charge in [-0.15, -0.1) is 0 Å². The van der Waals surface area contributed by atoms with Crippen LogP contribution in [0, 0.1) is 0 Å². The molecule has 1 unspecified atom stereocenters. The minimum atomic E-state index is -4.12. The van der Waals surface area contributed by atoms with Crippen LogP contribution >= 0.6 is 0 Å². The van der Waals surface area contributed by atoms with E-state index in [2.05, 4.69) is 12.2 Å². The first-order valence-corrected chi connectivity index (χ1v) is 14.0. The van der Waals surface area contributed by atoms with Gasteiger partial charge in [-0.25, -0.2) is 0 Å². The van der Waals surface area contributed by atoms with Crippen LogP contribution in [0.25, 0.3) is 0 Å². The Hall–Kier alpha value is 0.0569. The highest BCUT2D eigenvalue weighted by Gasteiger charge is 2.50. The Balaban J connectivity index is 3.32. The third-order valence-corrected chi connectivity index (χ3v) is 8.59. The van der Waals surface area contributed by atoms with Crippen LogP contribution in [0.4, 0.5) is 0 Å². The SMILES string of the molecule is CCCCCCCCCCCCCCCCCCNC(C)C(C)(C)[Si](O)(O)O. The summed E-state index contributed by atoms with van der Waals surface area (Å²) in [4.78, 5) is 28.7. The first-order valence-electron chi connectivity index (χ1n) is 12.1. The molecule has 0 heterocycles. The fourth-order valence-corrected chi connectivity index (χ4v) is 4.22. The van der Waals surface area contributed by atoms with Crippen LogP contribution in [-0.2, 0) is 0 Å². The molecule has 0 aliphatic heterocycles. The van der Waals surface area contributed by atoms with Gasteiger partial charge < -0.3 is 19.7 Å². The number of unbranched alkanes of at least 4 members (excludes halogenated alkanes) is 15. The molecule has 5 heteroatoms. The summed E-state index contributed by atoms with van der Waals surface area (Å²) in [5, 5.41) is 2.46. The largest absolute Gasteiger partial charge is 0.500 e. The van der Waals surface area contributed by atoms with Gasteiger partial charge in [0.1, 0.15) is 0 Å². The molecular weight excluding hydrogens is 366 g/mol. The summed E-state index contributed by atoms with van der Waals surface area (Å²) >= 11 is 0. The van der Waals surface area contributed by atoms with Crippen molar-refractivity contribution in [2.24, 2.45) is 0 Å². The lowest BCUT2D eigenvalue weighted by Gasteiger charge is -2.36. The fraction of sp³-hybridized carbons (Fsp3) is 1.00. The minimum absolute atomic E-state index is 0.115. The summed E-state index contributed by atoms with van der Waals surface area (Å²) in [7, 11) is -4.12. The maximum atomic E-state index is 9.57. The second-order valence-corrected chi connectivity index (χ2v) is 11.9. The van der Waals surface area contributed by atoms with Crippen molar-refractivity contribution in [1.29, 1.82) is 0 Å². The van der Waals surface area contributed by atoms with Crippen LogP contribution in [0.15, 0.2) is 0 Å². The van der Waals surface area contributed by atoms with Gasteiger partial charge in [0.2, 0.25) is 0 Å². The molecule has 0 rings (SSSR count). The van der Waals surface area contributed by atoms with Crippen molar-refractivity contribution in [1.82, 2.24) is 5.32 Å². The highest BCUT2D eigenvalue weighted by molar-refractivity contribution is 6.60. The van der Waals surface area contributed by atoms with Crippen molar-refractivity contribution in [3.63, 3.8) is 0 Å². The molecule has 0 aromatic heterocycles. The Labute approximate surface area is 176 Å². The third-order valence-electron chi connectivity index (χ3n) is 6.43. The number of hydrogen-bond acceptors (Lipinski definition) is 4. The molecule has 0 bridgehead atoms. The van der Waals surface area contributed by atoms with Gasteiger partial charge in [-0.2, -0.15) is 0 Å². The number of hydrogen-bond donors (Lipinski definition) is 4. The van der Waals surface area contributed by atoms with Gasteiger partial charge in [-0.05, 0) is 19.9 Å². The average molecular weight is 418 g/mol. The molecule has 28 heavy (non-hydrogen) atoms. The Bertz CT molecular complexity index is 345. The van der Waals surface area contributed by atoms with Gasteiger partial charge in [0.15, 0.2) is 0 Å². The number of nitrogens with one attached hydrogen (secondary N) is 1. The summed E-state index contributed by atoms with van der Waals surface area (Å²) in [5.74, 6) is 0. The molecule has 0 aliphatic rings. The zero-order chi connectivity index (χ0) is 21.3. The zero-order valence-electron chi connectivity index (χ0n) is 19.4. The van der Waals surface area contributed by atoms with E-state index in [-0.39, 0.29) is 6.04 Å². The first kappa shape index (κ1) is 28.1. The van der Waals surface area contributed by atoms with Crippen molar-refractivity contribution in [3.05, 3.63) is 0 Å². The van der Waals surface area contributed by atoms with E-state index in [0.29, 0.717) is 0 Å².